The number of halogens is 1. The first kappa shape index (κ1) is 19.0. The monoisotopic (exact) mass is 376 g/mol. The maximum atomic E-state index is 13.6. The highest BCUT2D eigenvalue weighted by Gasteiger charge is 2.22. The summed E-state index contributed by atoms with van der Waals surface area (Å²) in [5, 5.41) is 0. The third kappa shape index (κ3) is 5.62. The van der Waals surface area contributed by atoms with Crippen molar-refractivity contribution in [3.63, 3.8) is 0 Å². The number of rotatable bonds is 7. The van der Waals surface area contributed by atoms with Gasteiger partial charge in [0.25, 0.3) is 0 Å². The number of benzene rings is 2. The highest BCUT2D eigenvalue weighted by Crippen LogP contribution is 2.19. The van der Waals surface area contributed by atoms with Gasteiger partial charge < -0.3 is 0 Å². The van der Waals surface area contributed by atoms with Gasteiger partial charge in [-0.3, -0.25) is 4.90 Å². The number of piperidine rings is 1. The summed E-state index contributed by atoms with van der Waals surface area (Å²) in [5.74, 6) is -0.462. The minimum absolute atomic E-state index is 0.206. The molecule has 2 aromatic carbocycles. The number of likely N-dealkylation sites (tertiary alicyclic amines) is 1. The van der Waals surface area contributed by atoms with Crippen LogP contribution in [-0.2, 0) is 22.3 Å². The van der Waals surface area contributed by atoms with Crippen molar-refractivity contribution in [2.45, 2.75) is 25.1 Å². The van der Waals surface area contributed by atoms with Gasteiger partial charge in [-0.25, -0.2) is 17.5 Å². The zero-order chi connectivity index (χ0) is 18.4. The van der Waals surface area contributed by atoms with E-state index in [1.165, 1.54) is 17.7 Å². The fraction of sp³-hybridized carbons (Fsp3) is 0.400. The Kier molecular flexibility index (Phi) is 6.40. The van der Waals surface area contributed by atoms with E-state index in [0.717, 1.165) is 32.5 Å². The van der Waals surface area contributed by atoms with Crippen molar-refractivity contribution in [2.24, 2.45) is 5.92 Å². The summed E-state index contributed by atoms with van der Waals surface area (Å²) in [6.07, 6.45) is 1.93. The summed E-state index contributed by atoms with van der Waals surface area (Å²) in [6, 6.07) is 16.4. The van der Waals surface area contributed by atoms with E-state index in [4.69, 9.17) is 0 Å². The lowest BCUT2D eigenvalue weighted by molar-refractivity contribution is 0.178. The largest absolute Gasteiger partial charge is 0.299 e. The average Bonchev–Trinajstić information content (AvgIpc) is 2.64. The number of nitrogens with zero attached hydrogens (tertiary/aromatic N) is 1. The molecular formula is C20H25FN2O2S. The number of nitrogens with one attached hydrogen (secondary N) is 1. The third-order valence-corrected chi connectivity index (χ3v) is 6.15. The molecule has 0 aliphatic carbocycles. The first-order valence-electron chi connectivity index (χ1n) is 8.99. The predicted molar refractivity (Wildman–Crippen MR) is 101 cm³/mol. The number of hydrogen-bond donors (Lipinski definition) is 1. The van der Waals surface area contributed by atoms with Crippen molar-refractivity contribution < 1.29 is 12.8 Å². The lowest BCUT2D eigenvalue weighted by Crippen LogP contribution is -2.38. The van der Waals surface area contributed by atoms with Crippen LogP contribution in [0.25, 0.3) is 0 Å². The first-order chi connectivity index (χ1) is 12.5. The molecule has 1 aliphatic heterocycles. The van der Waals surface area contributed by atoms with Gasteiger partial charge in [0.05, 0.1) is 5.75 Å². The van der Waals surface area contributed by atoms with Gasteiger partial charge in [-0.1, -0.05) is 48.5 Å². The molecule has 1 N–H and O–H groups in total. The maximum absolute atomic E-state index is 13.6. The number of sulfonamides is 1. The summed E-state index contributed by atoms with van der Waals surface area (Å²) >= 11 is 0. The van der Waals surface area contributed by atoms with Crippen LogP contribution >= 0.6 is 0 Å². The van der Waals surface area contributed by atoms with Crippen LogP contribution in [0, 0.1) is 11.7 Å². The van der Waals surface area contributed by atoms with E-state index in [9.17, 15) is 12.8 Å². The molecule has 4 nitrogen and oxygen atoms in total. The molecule has 0 atom stereocenters. The summed E-state index contributed by atoms with van der Waals surface area (Å²) in [5.41, 5.74) is 1.51. The highest BCUT2D eigenvalue weighted by molar-refractivity contribution is 7.88. The van der Waals surface area contributed by atoms with Crippen molar-refractivity contribution in [3.05, 3.63) is 71.5 Å². The van der Waals surface area contributed by atoms with E-state index in [1.807, 2.05) is 18.2 Å². The van der Waals surface area contributed by atoms with E-state index in [1.54, 1.807) is 12.1 Å². The summed E-state index contributed by atoms with van der Waals surface area (Å²) < 4.78 is 40.7. The Hall–Kier alpha value is -1.76. The van der Waals surface area contributed by atoms with Crippen LogP contribution in [0.1, 0.15) is 24.0 Å². The molecule has 0 aromatic heterocycles. The van der Waals surface area contributed by atoms with Crippen LogP contribution in [-0.4, -0.2) is 33.0 Å². The second kappa shape index (κ2) is 8.75. The first-order valence-corrected chi connectivity index (χ1v) is 10.6. The fourth-order valence-electron chi connectivity index (χ4n) is 3.31. The van der Waals surface area contributed by atoms with Crippen molar-refractivity contribution in [3.8, 4) is 0 Å². The van der Waals surface area contributed by atoms with Crippen LogP contribution in [0.2, 0.25) is 0 Å². The quantitative estimate of drug-likeness (QED) is 0.808. The van der Waals surface area contributed by atoms with Gasteiger partial charge in [0.15, 0.2) is 0 Å². The van der Waals surface area contributed by atoms with Gasteiger partial charge in [-0.15, -0.1) is 0 Å². The minimum Gasteiger partial charge on any atom is -0.299 e. The van der Waals surface area contributed by atoms with Gasteiger partial charge in [0.1, 0.15) is 5.82 Å². The van der Waals surface area contributed by atoms with E-state index in [-0.39, 0.29) is 11.3 Å². The smallest absolute Gasteiger partial charge is 0.215 e. The van der Waals surface area contributed by atoms with Crippen molar-refractivity contribution in [2.75, 3.05) is 19.6 Å². The Morgan fingerprint density at radius 1 is 1.00 bits per heavy atom. The Morgan fingerprint density at radius 3 is 2.35 bits per heavy atom. The normalized spacial score (nSPS) is 16.7. The number of hydrogen-bond acceptors (Lipinski definition) is 3. The van der Waals surface area contributed by atoms with Crippen LogP contribution < -0.4 is 4.72 Å². The minimum atomic E-state index is -3.52. The standard InChI is InChI=1S/C20H25FN2O2S/c21-20-9-5-4-8-19(20)16-26(24,25)22-14-17-10-12-23(13-11-17)15-18-6-2-1-3-7-18/h1-9,17,22H,10-16H2. The maximum Gasteiger partial charge on any atom is 0.215 e. The molecular weight excluding hydrogens is 351 g/mol. The molecule has 0 unspecified atom stereocenters. The van der Waals surface area contributed by atoms with Crippen molar-refractivity contribution >= 4 is 10.0 Å². The third-order valence-electron chi connectivity index (χ3n) is 4.85. The molecule has 1 saturated heterocycles. The molecule has 1 aliphatic rings. The molecule has 0 amide bonds. The van der Waals surface area contributed by atoms with Gasteiger partial charge in [0, 0.05) is 18.7 Å². The second-order valence-electron chi connectivity index (χ2n) is 6.90. The fourth-order valence-corrected chi connectivity index (χ4v) is 4.54. The summed E-state index contributed by atoms with van der Waals surface area (Å²) in [4.78, 5) is 2.40. The second-order valence-corrected chi connectivity index (χ2v) is 8.71. The molecule has 0 bridgehead atoms. The SMILES string of the molecule is O=S(=O)(Cc1ccccc1F)NCC1CCN(Cc2ccccc2)CC1. The van der Waals surface area contributed by atoms with Crippen LogP contribution in [0.4, 0.5) is 4.39 Å². The van der Waals surface area contributed by atoms with Gasteiger partial charge in [-0.05, 0) is 43.5 Å². The van der Waals surface area contributed by atoms with Gasteiger partial charge in [0.2, 0.25) is 10.0 Å². The zero-order valence-electron chi connectivity index (χ0n) is 14.8. The van der Waals surface area contributed by atoms with Crippen LogP contribution in [0.15, 0.2) is 54.6 Å². The molecule has 2 aromatic rings. The van der Waals surface area contributed by atoms with Crippen LogP contribution in [0.3, 0.4) is 0 Å². The molecule has 0 saturated carbocycles. The average molecular weight is 376 g/mol. The lowest BCUT2D eigenvalue weighted by Gasteiger charge is -2.32. The molecule has 1 heterocycles. The summed E-state index contributed by atoms with van der Waals surface area (Å²) in [7, 11) is -3.52. The van der Waals surface area contributed by atoms with E-state index < -0.39 is 15.8 Å². The van der Waals surface area contributed by atoms with Crippen LogP contribution in [0.5, 0.6) is 0 Å². The molecule has 1 fully saturated rings. The van der Waals surface area contributed by atoms with E-state index in [2.05, 4.69) is 21.8 Å². The Balaban J connectivity index is 1.44. The van der Waals surface area contributed by atoms with Gasteiger partial charge in [-0.2, -0.15) is 0 Å². The Labute approximate surface area is 155 Å². The predicted octanol–water partition coefficient (Wildman–Crippen LogP) is 3.16. The molecule has 26 heavy (non-hydrogen) atoms. The molecule has 0 radical (unpaired) electrons. The highest BCUT2D eigenvalue weighted by atomic mass is 32.2. The Bertz CT molecular complexity index is 804. The molecule has 3 rings (SSSR count). The van der Waals surface area contributed by atoms with E-state index in [0.29, 0.717) is 12.5 Å². The topological polar surface area (TPSA) is 49.4 Å². The van der Waals surface area contributed by atoms with Crippen molar-refractivity contribution in [1.29, 1.82) is 0 Å². The summed E-state index contributed by atoms with van der Waals surface area (Å²) in [6.45, 7) is 3.30. The molecule has 6 heteroatoms. The molecule has 140 valence electrons. The lowest BCUT2D eigenvalue weighted by atomic mass is 9.97. The van der Waals surface area contributed by atoms with Gasteiger partial charge >= 0.3 is 0 Å². The van der Waals surface area contributed by atoms with Crippen molar-refractivity contribution in [1.82, 2.24) is 9.62 Å². The van der Waals surface area contributed by atoms with E-state index >= 15 is 0 Å². The molecule has 0 spiro atoms. The Morgan fingerprint density at radius 2 is 1.65 bits per heavy atom. The zero-order valence-corrected chi connectivity index (χ0v) is 15.6.